The summed E-state index contributed by atoms with van der Waals surface area (Å²) in [5, 5.41) is 0. The summed E-state index contributed by atoms with van der Waals surface area (Å²) in [7, 11) is 0. The number of halogens is 1. The van der Waals surface area contributed by atoms with Gasteiger partial charge in [0, 0.05) is 0 Å². The molecule has 1 heterocycles. The van der Waals surface area contributed by atoms with Gasteiger partial charge in [-0.15, -0.1) is 0 Å². The minimum absolute atomic E-state index is 0.0139. The average molecular weight is 184 g/mol. The fourth-order valence-electron chi connectivity index (χ4n) is 1.35. The van der Waals surface area contributed by atoms with Crippen LogP contribution in [0.25, 0.3) is 0 Å². The van der Waals surface area contributed by atoms with E-state index in [9.17, 15) is 4.39 Å². The lowest BCUT2D eigenvalue weighted by Gasteiger charge is -2.18. The highest BCUT2D eigenvalue weighted by Crippen LogP contribution is 2.29. The van der Waals surface area contributed by atoms with Gasteiger partial charge in [0.25, 0.3) is 0 Å². The molecule has 0 aromatic rings. The summed E-state index contributed by atoms with van der Waals surface area (Å²) in [5.74, 6) is -0.133. The van der Waals surface area contributed by atoms with Crippen molar-refractivity contribution >= 4 is 17.8 Å². The van der Waals surface area contributed by atoms with E-state index in [1.807, 2.05) is 6.92 Å². The van der Waals surface area contributed by atoms with Crippen LogP contribution in [0.2, 0.25) is 0 Å². The molecule has 0 radical (unpaired) electrons. The van der Waals surface area contributed by atoms with E-state index >= 15 is 0 Å². The summed E-state index contributed by atoms with van der Waals surface area (Å²) in [6, 6.07) is -0.0139. The monoisotopic (exact) mass is 184 g/mol. The quantitative estimate of drug-likeness (QED) is 0.583. The molecule has 1 atom stereocenters. The second-order valence-corrected chi connectivity index (χ2v) is 3.58. The van der Waals surface area contributed by atoms with Crippen LogP contribution in [0.1, 0.15) is 13.8 Å². The summed E-state index contributed by atoms with van der Waals surface area (Å²) in [5.41, 5.74) is 2.60. The molecule has 12 heavy (non-hydrogen) atoms. The van der Waals surface area contributed by atoms with Gasteiger partial charge in [-0.2, -0.15) is 0 Å². The van der Waals surface area contributed by atoms with Crippen molar-refractivity contribution in [1.29, 1.82) is 0 Å². The molecule has 2 aliphatic rings. The zero-order valence-electron chi connectivity index (χ0n) is 6.89. The minimum atomic E-state index is -0.133. The van der Waals surface area contributed by atoms with Gasteiger partial charge in [-0.3, -0.25) is 0 Å². The Morgan fingerprint density at radius 3 is 3.08 bits per heavy atom. The van der Waals surface area contributed by atoms with Gasteiger partial charge in [0.1, 0.15) is 5.83 Å². The molecule has 0 aromatic carbocycles. The van der Waals surface area contributed by atoms with E-state index in [0.717, 1.165) is 16.9 Å². The Bertz CT molecular complexity index is 317. The number of nitrogens with one attached hydrogen (secondary N) is 1. The highest BCUT2D eigenvalue weighted by Gasteiger charge is 2.29. The van der Waals surface area contributed by atoms with E-state index in [-0.39, 0.29) is 11.9 Å². The van der Waals surface area contributed by atoms with E-state index in [1.165, 1.54) is 18.2 Å². The first-order chi connectivity index (χ1) is 5.70. The summed E-state index contributed by atoms with van der Waals surface area (Å²) < 4.78 is 20.4. The maximum atomic E-state index is 13.2. The molecule has 0 amide bonds. The fraction of sp³-hybridized carbons (Fsp3) is 0.375. The fourth-order valence-corrected chi connectivity index (χ4v) is 2.14. The van der Waals surface area contributed by atoms with Crippen LogP contribution in [0.5, 0.6) is 0 Å². The summed E-state index contributed by atoms with van der Waals surface area (Å²) in [6.45, 7) is 3.67. The van der Waals surface area contributed by atoms with Crippen LogP contribution < -0.4 is 4.72 Å². The maximum absolute atomic E-state index is 13.2. The molecule has 0 spiro atoms. The lowest BCUT2D eigenvalue weighted by Crippen LogP contribution is -2.31. The van der Waals surface area contributed by atoms with Crippen LogP contribution in [0.3, 0.4) is 0 Å². The number of fused-ring (bicyclic) bond motifs is 1. The van der Waals surface area contributed by atoms with Gasteiger partial charge in [-0.25, -0.2) is 13.5 Å². The molecule has 1 aliphatic carbocycles. The molecule has 2 rings (SSSR count). The van der Waals surface area contributed by atoms with Gasteiger partial charge in [0.2, 0.25) is 0 Å². The standard InChI is InChI=1S/C8H9FN2S/c1-4-3-6(9)5(2)8-7(4)10-12-11-8/h3,8,11H,1-2H3. The van der Waals surface area contributed by atoms with Crippen LogP contribution in [0, 0.1) is 0 Å². The Morgan fingerprint density at radius 1 is 1.58 bits per heavy atom. The van der Waals surface area contributed by atoms with E-state index < -0.39 is 0 Å². The Kier molecular flexibility index (Phi) is 1.81. The van der Waals surface area contributed by atoms with E-state index in [1.54, 1.807) is 6.92 Å². The van der Waals surface area contributed by atoms with Crippen LogP contribution in [0.4, 0.5) is 4.39 Å². The van der Waals surface area contributed by atoms with Gasteiger partial charge in [-0.1, -0.05) is 0 Å². The smallest absolute Gasteiger partial charge is 0.124 e. The summed E-state index contributed by atoms with van der Waals surface area (Å²) in [4.78, 5) is 0. The van der Waals surface area contributed by atoms with Crippen LogP contribution in [-0.4, -0.2) is 11.8 Å². The number of allylic oxidation sites excluding steroid dienone is 2. The molecule has 1 unspecified atom stereocenters. The van der Waals surface area contributed by atoms with Crippen molar-refractivity contribution in [2.75, 3.05) is 0 Å². The third-order valence-corrected chi connectivity index (χ3v) is 2.77. The second-order valence-electron chi connectivity index (χ2n) is 2.98. The molecular weight excluding hydrogens is 175 g/mol. The molecule has 2 nitrogen and oxygen atoms in total. The van der Waals surface area contributed by atoms with Gasteiger partial charge >= 0.3 is 0 Å². The molecule has 1 aliphatic heterocycles. The first-order valence-corrected chi connectivity index (χ1v) is 4.52. The normalized spacial score (nSPS) is 28.4. The number of hydrogen-bond donors (Lipinski definition) is 1. The zero-order chi connectivity index (χ0) is 8.72. The molecule has 0 aromatic heterocycles. The number of rotatable bonds is 0. The molecule has 0 bridgehead atoms. The van der Waals surface area contributed by atoms with Crippen molar-refractivity contribution in [3.8, 4) is 0 Å². The third-order valence-electron chi connectivity index (χ3n) is 2.14. The van der Waals surface area contributed by atoms with Crippen LogP contribution in [0.15, 0.2) is 27.4 Å². The van der Waals surface area contributed by atoms with Crippen LogP contribution in [-0.2, 0) is 0 Å². The lowest BCUT2D eigenvalue weighted by atomic mass is 9.93. The molecule has 0 saturated carbocycles. The third kappa shape index (κ3) is 1.03. The molecule has 0 saturated heterocycles. The van der Waals surface area contributed by atoms with Crippen molar-refractivity contribution in [2.45, 2.75) is 19.9 Å². The first kappa shape index (κ1) is 8.01. The molecule has 4 heteroatoms. The predicted octanol–water partition coefficient (Wildman–Crippen LogP) is 2.17. The Labute approximate surface area is 74.9 Å². The van der Waals surface area contributed by atoms with Gasteiger partial charge in [0.15, 0.2) is 0 Å². The van der Waals surface area contributed by atoms with Crippen molar-refractivity contribution in [3.63, 3.8) is 0 Å². The molecular formula is C8H9FN2S. The summed E-state index contributed by atoms with van der Waals surface area (Å²) >= 11 is 1.29. The zero-order valence-corrected chi connectivity index (χ0v) is 7.70. The Morgan fingerprint density at radius 2 is 2.33 bits per heavy atom. The maximum Gasteiger partial charge on any atom is 0.124 e. The topological polar surface area (TPSA) is 24.4 Å². The van der Waals surface area contributed by atoms with Crippen molar-refractivity contribution < 1.29 is 4.39 Å². The first-order valence-electron chi connectivity index (χ1n) is 3.74. The SMILES string of the molecule is CC1=CC(F)=C(C)C2NSN=C12. The van der Waals surface area contributed by atoms with Crippen molar-refractivity contribution in [1.82, 2.24) is 4.72 Å². The molecule has 0 fully saturated rings. The van der Waals surface area contributed by atoms with Gasteiger partial charge < -0.3 is 0 Å². The average Bonchev–Trinajstić information content (AvgIpc) is 2.48. The highest BCUT2D eigenvalue weighted by molar-refractivity contribution is 7.96. The van der Waals surface area contributed by atoms with E-state index in [0.29, 0.717) is 0 Å². The second kappa shape index (κ2) is 2.71. The molecule has 64 valence electrons. The highest BCUT2D eigenvalue weighted by atomic mass is 32.2. The van der Waals surface area contributed by atoms with E-state index in [4.69, 9.17) is 0 Å². The van der Waals surface area contributed by atoms with E-state index in [2.05, 4.69) is 9.12 Å². The van der Waals surface area contributed by atoms with Crippen molar-refractivity contribution in [3.05, 3.63) is 23.0 Å². The Hall–Kier alpha value is -0.610. The Balaban J connectivity index is 2.48. The van der Waals surface area contributed by atoms with Crippen LogP contribution >= 0.6 is 12.1 Å². The van der Waals surface area contributed by atoms with Gasteiger partial charge in [-0.05, 0) is 31.1 Å². The minimum Gasteiger partial charge on any atom is -0.231 e. The summed E-state index contributed by atoms with van der Waals surface area (Å²) in [6.07, 6.45) is 1.54. The predicted molar refractivity (Wildman–Crippen MR) is 49.5 cm³/mol. The number of nitrogens with zero attached hydrogens (tertiary/aromatic N) is 1. The van der Waals surface area contributed by atoms with Gasteiger partial charge in [0.05, 0.1) is 23.9 Å². The largest absolute Gasteiger partial charge is 0.231 e. The lowest BCUT2D eigenvalue weighted by molar-refractivity contribution is 0.638. The molecule has 1 N–H and O–H groups in total. The van der Waals surface area contributed by atoms with Crippen molar-refractivity contribution in [2.24, 2.45) is 4.40 Å². The number of hydrogen-bond acceptors (Lipinski definition) is 3.